The molecule has 1 aliphatic heterocycles. The van der Waals surface area contributed by atoms with Crippen molar-refractivity contribution in [2.45, 2.75) is 19.8 Å². The molecule has 0 bridgehead atoms. The van der Waals surface area contributed by atoms with Gasteiger partial charge in [-0.25, -0.2) is 0 Å². The zero-order chi connectivity index (χ0) is 14.7. The van der Waals surface area contributed by atoms with Crippen LogP contribution in [0.25, 0.3) is 0 Å². The lowest BCUT2D eigenvalue weighted by atomic mass is 9.95. The van der Waals surface area contributed by atoms with E-state index in [0.717, 1.165) is 22.9 Å². The third-order valence-electron chi connectivity index (χ3n) is 3.82. The van der Waals surface area contributed by atoms with Crippen LogP contribution in [-0.2, 0) is 4.79 Å². The molecule has 5 heteroatoms. The van der Waals surface area contributed by atoms with Gasteiger partial charge in [0.05, 0.1) is 0 Å². The number of likely N-dealkylation sites (tertiary alicyclic amines) is 1. The van der Waals surface area contributed by atoms with E-state index in [1.165, 1.54) is 0 Å². The molecule has 0 aliphatic carbocycles. The van der Waals surface area contributed by atoms with Crippen molar-refractivity contribution in [1.82, 2.24) is 10.2 Å². The Morgan fingerprint density at radius 3 is 2.50 bits per heavy atom. The van der Waals surface area contributed by atoms with Crippen LogP contribution in [0.5, 0.6) is 0 Å². The Morgan fingerprint density at radius 1 is 1.30 bits per heavy atom. The molecule has 0 unspecified atom stereocenters. The lowest BCUT2D eigenvalue weighted by molar-refractivity contribution is -0.125. The Morgan fingerprint density at radius 2 is 1.95 bits per heavy atom. The number of rotatable bonds is 2. The summed E-state index contributed by atoms with van der Waals surface area (Å²) in [5.41, 5.74) is 1.81. The zero-order valence-corrected chi connectivity index (χ0v) is 13.4. The van der Waals surface area contributed by atoms with Crippen LogP contribution in [-0.4, -0.2) is 36.9 Å². The van der Waals surface area contributed by atoms with Crippen molar-refractivity contribution in [3.63, 3.8) is 0 Å². The average molecular weight is 339 g/mol. The van der Waals surface area contributed by atoms with E-state index in [2.05, 4.69) is 21.2 Å². The van der Waals surface area contributed by atoms with Gasteiger partial charge in [-0.15, -0.1) is 0 Å². The number of hydrogen-bond acceptors (Lipinski definition) is 2. The number of carbonyl (C=O) groups is 2. The number of carbonyl (C=O) groups excluding carboxylic acids is 2. The molecule has 0 spiro atoms. The highest BCUT2D eigenvalue weighted by molar-refractivity contribution is 9.10. The Kier molecular flexibility index (Phi) is 4.81. The van der Waals surface area contributed by atoms with Crippen molar-refractivity contribution in [3.05, 3.63) is 33.8 Å². The average Bonchev–Trinajstić information content (AvgIpc) is 2.48. The molecule has 0 saturated carbocycles. The van der Waals surface area contributed by atoms with Crippen molar-refractivity contribution < 1.29 is 9.59 Å². The fourth-order valence-electron chi connectivity index (χ4n) is 2.46. The van der Waals surface area contributed by atoms with Crippen LogP contribution in [0.3, 0.4) is 0 Å². The molecule has 2 amide bonds. The summed E-state index contributed by atoms with van der Waals surface area (Å²) in [5, 5.41) is 2.68. The Balaban J connectivity index is 2.01. The van der Waals surface area contributed by atoms with Crippen LogP contribution >= 0.6 is 15.9 Å². The molecule has 108 valence electrons. The molecule has 2 rings (SSSR count). The van der Waals surface area contributed by atoms with Crippen LogP contribution in [0, 0.1) is 12.8 Å². The van der Waals surface area contributed by atoms with Crippen LogP contribution in [0.4, 0.5) is 0 Å². The van der Waals surface area contributed by atoms with Crippen molar-refractivity contribution >= 4 is 27.7 Å². The van der Waals surface area contributed by atoms with Crippen LogP contribution in [0.2, 0.25) is 0 Å². The van der Waals surface area contributed by atoms with Gasteiger partial charge in [0.15, 0.2) is 0 Å². The molecule has 1 saturated heterocycles. The second kappa shape index (κ2) is 6.39. The van der Waals surface area contributed by atoms with Gasteiger partial charge in [-0.1, -0.05) is 22.0 Å². The number of piperidine rings is 1. The number of hydrogen-bond donors (Lipinski definition) is 1. The van der Waals surface area contributed by atoms with Crippen LogP contribution in [0.1, 0.15) is 28.8 Å². The third-order valence-corrected chi connectivity index (χ3v) is 4.67. The molecule has 1 aromatic rings. The summed E-state index contributed by atoms with van der Waals surface area (Å²) in [6, 6.07) is 5.66. The number of nitrogens with one attached hydrogen (secondary N) is 1. The summed E-state index contributed by atoms with van der Waals surface area (Å²) in [4.78, 5) is 25.8. The van der Waals surface area contributed by atoms with Crippen molar-refractivity contribution in [2.24, 2.45) is 5.92 Å². The molecule has 1 aliphatic rings. The summed E-state index contributed by atoms with van der Waals surface area (Å²) < 4.78 is 0.948. The Bertz CT molecular complexity index is 523. The fourth-order valence-corrected chi connectivity index (χ4v) is 2.84. The van der Waals surface area contributed by atoms with E-state index in [4.69, 9.17) is 0 Å². The third kappa shape index (κ3) is 3.20. The number of aryl methyl sites for hydroxylation is 1. The van der Waals surface area contributed by atoms with E-state index in [9.17, 15) is 9.59 Å². The van der Waals surface area contributed by atoms with E-state index in [1.54, 1.807) is 7.05 Å². The van der Waals surface area contributed by atoms with Crippen LogP contribution in [0.15, 0.2) is 22.7 Å². The minimum atomic E-state index is 0.0359. The second-order valence-corrected chi connectivity index (χ2v) is 6.00. The normalized spacial score (nSPS) is 16.1. The molecule has 1 heterocycles. The molecule has 1 aromatic carbocycles. The summed E-state index contributed by atoms with van der Waals surface area (Å²) in [6.45, 7) is 3.28. The molecule has 0 atom stereocenters. The fraction of sp³-hybridized carbons (Fsp3) is 0.467. The van der Waals surface area contributed by atoms with E-state index in [0.29, 0.717) is 18.7 Å². The first-order chi connectivity index (χ1) is 9.52. The smallest absolute Gasteiger partial charge is 0.253 e. The predicted molar refractivity (Wildman–Crippen MR) is 81.6 cm³/mol. The van der Waals surface area contributed by atoms with Gasteiger partial charge in [0, 0.05) is 36.1 Å². The second-order valence-electron chi connectivity index (χ2n) is 5.14. The predicted octanol–water partition coefficient (Wildman–Crippen LogP) is 2.36. The van der Waals surface area contributed by atoms with Gasteiger partial charge < -0.3 is 10.2 Å². The van der Waals surface area contributed by atoms with Gasteiger partial charge in [-0.2, -0.15) is 0 Å². The number of nitrogens with zero attached hydrogens (tertiary/aromatic N) is 1. The monoisotopic (exact) mass is 338 g/mol. The number of halogens is 1. The molecule has 1 fully saturated rings. The highest BCUT2D eigenvalue weighted by atomic mass is 79.9. The number of amides is 2. The van der Waals surface area contributed by atoms with Crippen molar-refractivity contribution in [1.29, 1.82) is 0 Å². The van der Waals surface area contributed by atoms with Gasteiger partial charge in [-0.05, 0) is 37.5 Å². The maximum Gasteiger partial charge on any atom is 0.253 e. The largest absolute Gasteiger partial charge is 0.359 e. The first-order valence-corrected chi connectivity index (χ1v) is 7.59. The Hall–Kier alpha value is -1.36. The zero-order valence-electron chi connectivity index (χ0n) is 11.8. The van der Waals surface area contributed by atoms with Gasteiger partial charge in [-0.3, -0.25) is 9.59 Å². The van der Waals surface area contributed by atoms with E-state index in [1.807, 2.05) is 30.0 Å². The van der Waals surface area contributed by atoms with Gasteiger partial charge >= 0.3 is 0 Å². The summed E-state index contributed by atoms with van der Waals surface area (Å²) >= 11 is 3.45. The van der Waals surface area contributed by atoms with Crippen molar-refractivity contribution in [2.75, 3.05) is 20.1 Å². The first kappa shape index (κ1) is 15.0. The van der Waals surface area contributed by atoms with Gasteiger partial charge in [0.2, 0.25) is 5.91 Å². The molecule has 1 N–H and O–H groups in total. The molecule has 20 heavy (non-hydrogen) atoms. The summed E-state index contributed by atoms with van der Waals surface area (Å²) in [6.07, 6.45) is 1.47. The molecule has 4 nitrogen and oxygen atoms in total. The number of benzene rings is 1. The lowest BCUT2D eigenvalue weighted by Crippen LogP contribution is -2.42. The maximum absolute atomic E-state index is 12.4. The van der Waals surface area contributed by atoms with E-state index in [-0.39, 0.29) is 17.7 Å². The van der Waals surface area contributed by atoms with Crippen LogP contribution < -0.4 is 5.32 Å². The van der Waals surface area contributed by atoms with Crippen molar-refractivity contribution in [3.8, 4) is 0 Å². The highest BCUT2D eigenvalue weighted by Crippen LogP contribution is 2.22. The van der Waals surface area contributed by atoms with Gasteiger partial charge in [0.1, 0.15) is 0 Å². The SMILES string of the molecule is CNC(=O)C1CCN(C(=O)c2ccc(C)c(Br)c2)CC1. The molecular formula is C15H19BrN2O2. The minimum absolute atomic E-state index is 0.0359. The molecule has 0 aromatic heterocycles. The standard InChI is InChI=1S/C15H19BrN2O2/c1-10-3-4-12(9-13(10)16)15(20)18-7-5-11(6-8-18)14(19)17-2/h3-4,9,11H,5-8H2,1-2H3,(H,17,19). The topological polar surface area (TPSA) is 49.4 Å². The minimum Gasteiger partial charge on any atom is -0.359 e. The summed E-state index contributed by atoms with van der Waals surface area (Å²) in [7, 11) is 1.66. The summed E-state index contributed by atoms with van der Waals surface area (Å²) in [5.74, 6) is 0.157. The lowest BCUT2D eigenvalue weighted by Gasteiger charge is -2.31. The maximum atomic E-state index is 12.4. The van der Waals surface area contributed by atoms with E-state index < -0.39 is 0 Å². The van der Waals surface area contributed by atoms with Gasteiger partial charge in [0.25, 0.3) is 5.91 Å². The van der Waals surface area contributed by atoms with E-state index >= 15 is 0 Å². The molecule has 0 radical (unpaired) electrons. The highest BCUT2D eigenvalue weighted by Gasteiger charge is 2.27. The quantitative estimate of drug-likeness (QED) is 0.899. The first-order valence-electron chi connectivity index (χ1n) is 6.80. The Labute approximate surface area is 127 Å². The molecular weight excluding hydrogens is 320 g/mol.